The number of hydrogen-bond donors (Lipinski definition) is 2. The number of nitrogens with one attached hydrogen (secondary N) is 2. The number of aliphatic imine (C=N–C) groups is 1. The molecular weight excluding hydrogens is 452 g/mol. The average Bonchev–Trinajstić information content (AvgIpc) is 3.39. The van der Waals surface area contributed by atoms with Crippen molar-refractivity contribution >= 4 is 37.5 Å². The van der Waals surface area contributed by atoms with Crippen LogP contribution in [-0.4, -0.2) is 52.5 Å². The van der Waals surface area contributed by atoms with Crippen molar-refractivity contribution in [1.82, 2.24) is 9.03 Å². The van der Waals surface area contributed by atoms with Crippen molar-refractivity contribution in [3.8, 4) is 0 Å². The van der Waals surface area contributed by atoms with Gasteiger partial charge in [-0.1, -0.05) is 18.2 Å². The Morgan fingerprint density at radius 2 is 1.84 bits per heavy atom. The first kappa shape index (κ1) is 22.4. The van der Waals surface area contributed by atoms with Crippen LogP contribution in [0.5, 0.6) is 0 Å². The second kappa shape index (κ2) is 9.00. The molecule has 32 heavy (non-hydrogen) atoms. The summed E-state index contributed by atoms with van der Waals surface area (Å²) < 4.78 is 53.4. The zero-order chi connectivity index (χ0) is 22.8. The van der Waals surface area contributed by atoms with Crippen molar-refractivity contribution in [2.24, 2.45) is 4.99 Å². The molecule has 0 spiro atoms. The van der Waals surface area contributed by atoms with Gasteiger partial charge in [0.1, 0.15) is 5.84 Å². The minimum atomic E-state index is -3.58. The fourth-order valence-electron chi connectivity index (χ4n) is 3.72. The Morgan fingerprint density at radius 3 is 2.62 bits per heavy atom. The summed E-state index contributed by atoms with van der Waals surface area (Å²) in [6.07, 6.45) is 2.28. The van der Waals surface area contributed by atoms with Gasteiger partial charge in [-0.25, -0.2) is 16.8 Å². The van der Waals surface area contributed by atoms with Gasteiger partial charge >= 0.3 is 0 Å². The number of carbonyl (C=O) groups is 1. The van der Waals surface area contributed by atoms with E-state index in [1.54, 1.807) is 30.3 Å². The fourth-order valence-corrected chi connectivity index (χ4v) is 6.53. The second-order valence-electron chi connectivity index (χ2n) is 7.62. The molecular formula is C21H24N4O5S2. The Bertz CT molecular complexity index is 1270. The van der Waals surface area contributed by atoms with E-state index in [0.717, 1.165) is 12.8 Å². The summed E-state index contributed by atoms with van der Waals surface area (Å²) in [7, 11) is -7.14. The van der Waals surface area contributed by atoms with Crippen LogP contribution >= 0.6 is 0 Å². The van der Waals surface area contributed by atoms with Crippen molar-refractivity contribution in [3.63, 3.8) is 0 Å². The first-order valence-corrected chi connectivity index (χ1v) is 13.3. The topological polar surface area (TPSA) is 125 Å². The van der Waals surface area contributed by atoms with Crippen LogP contribution in [0.15, 0.2) is 63.3 Å². The van der Waals surface area contributed by atoms with Crippen molar-refractivity contribution < 1.29 is 21.6 Å². The van der Waals surface area contributed by atoms with E-state index in [-0.39, 0.29) is 34.5 Å². The van der Waals surface area contributed by atoms with Crippen molar-refractivity contribution in [2.45, 2.75) is 35.5 Å². The van der Waals surface area contributed by atoms with Crippen LogP contribution in [0.1, 0.15) is 31.2 Å². The number of fused-ring (bicyclic) bond motifs is 1. The zero-order valence-corrected chi connectivity index (χ0v) is 19.0. The first-order valence-electron chi connectivity index (χ1n) is 10.3. The van der Waals surface area contributed by atoms with Crippen molar-refractivity contribution in [1.29, 1.82) is 0 Å². The summed E-state index contributed by atoms with van der Waals surface area (Å²) in [5.41, 5.74) is 0.937. The minimum Gasteiger partial charge on any atom is -0.326 e. The molecule has 2 aliphatic rings. The van der Waals surface area contributed by atoms with E-state index in [1.165, 1.54) is 22.5 Å². The smallest absolute Gasteiger partial charge is 0.263 e. The first-order chi connectivity index (χ1) is 15.3. The van der Waals surface area contributed by atoms with Gasteiger partial charge in [-0.05, 0) is 49.6 Å². The van der Waals surface area contributed by atoms with Gasteiger partial charge in [-0.2, -0.15) is 4.31 Å². The molecule has 2 N–H and O–H groups in total. The van der Waals surface area contributed by atoms with E-state index in [2.05, 4.69) is 15.0 Å². The maximum absolute atomic E-state index is 12.7. The lowest BCUT2D eigenvalue weighted by Crippen LogP contribution is -2.27. The summed E-state index contributed by atoms with van der Waals surface area (Å²) in [5, 5.41) is 2.72. The maximum Gasteiger partial charge on any atom is 0.263 e. The molecule has 4 rings (SSSR count). The molecule has 0 saturated carbocycles. The molecule has 0 unspecified atom stereocenters. The van der Waals surface area contributed by atoms with Crippen LogP contribution in [0.2, 0.25) is 0 Å². The van der Waals surface area contributed by atoms with Crippen molar-refractivity contribution in [2.75, 3.05) is 25.0 Å². The van der Waals surface area contributed by atoms with Gasteiger partial charge in [-0.15, -0.1) is 0 Å². The van der Waals surface area contributed by atoms with E-state index in [0.29, 0.717) is 30.8 Å². The van der Waals surface area contributed by atoms with E-state index in [9.17, 15) is 21.6 Å². The average molecular weight is 477 g/mol. The van der Waals surface area contributed by atoms with Gasteiger partial charge in [0.05, 0.1) is 9.79 Å². The number of amides is 1. The summed E-state index contributed by atoms with van der Waals surface area (Å²) in [6, 6.07) is 12.8. The predicted molar refractivity (Wildman–Crippen MR) is 120 cm³/mol. The monoisotopic (exact) mass is 476 g/mol. The lowest BCUT2D eigenvalue weighted by Gasteiger charge is -2.16. The van der Waals surface area contributed by atoms with Gasteiger partial charge in [0, 0.05) is 37.3 Å². The largest absolute Gasteiger partial charge is 0.326 e. The lowest BCUT2D eigenvalue weighted by molar-refractivity contribution is -0.116. The molecule has 9 nitrogen and oxygen atoms in total. The third-order valence-corrected chi connectivity index (χ3v) is 8.61. The molecule has 1 fully saturated rings. The molecule has 0 bridgehead atoms. The number of hydrogen-bond acceptors (Lipinski definition) is 6. The molecule has 0 aliphatic carbocycles. The number of anilines is 1. The Hall–Kier alpha value is -2.76. The lowest BCUT2D eigenvalue weighted by atomic mass is 10.2. The molecule has 0 atom stereocenters. The highest BCUT2D eigenvalue weighted by molar-refractivity contribution is 7.90. The number of sulfonamides is 2. The van der Waals surface area contributed by atoms with Gasteiger partial charge in [0.2, 0.25) is 15.9 Å². The maximum atomic E-state index is 12.7. The second-order valence-corrected chi connectivity index (χ2v) is 11.2. The highest BCUT2D eigenvalue weighted by Gasteiger charge is 2.30. The van der Waals surface area contributed by atoms with Crippen LogP contribution in [0.25, 0.3) is 0 Å². The molecule has 0 aromatic heterocycles. The van der Waals surface area contributed by atoms with Gasteiger partial charge < -0.3 is 5.32 Å². The van der Waals surface area contributed by atoms with Gasteiger partial charge in [0.25, 0.3) is 10.0 Å². The number of nitrogens with zero attached hydrogens (tertiary/aromatic N) is 2. The van der Waals surface area contributed by atoms with Crippen LogP contribution in [-0.2, 0) is 24.8 Å². The van der Waals surface area contributed by atoms with Crippen molar-refractivity contribution in [3.05, 3.63) is 54.1 Å². The molecule has 1 saturated heterocycles. The summed E-state index contributed by atoms with van der Waals surface area (Å²) in [5.74, 6) is 0.00847. The Kier molecular flexibility index (Phi) is 6.31. The number of carbonyl (C=O) groups excluding carboxylic acids is 1. The predicted octanol–water partition coefficient (Wildman–Crippen LogP) is 1.93. The number of benzene rings is 2. The van der Waals surface area contributed by atoms with Crippen LogP contribution < -0.4 is 10.0 Å². The summed E-state index contributed by atoms with van der Waals surface area (Å²) >= 11 is 0. The van der Waals surface area contributed by atoms with Crippen LogP contribution in [0.4, 0.5) is 5.69 Å². The van der Waals surface area contributed by atoms with Crippen LogP contribution in [0, 0.1) is 0 Å². The number of rotatable bonds is 7. The molecule has 0 radical (unpaired) electrons. The summed E-state index contributed by atoms with van der Waals surface area (Å²) in [4.78, 5) is 16.9. The molecule has 2 heterocycles. The van der Waals surface area contributed by atoms with E-state index in [4.69, 9.17) is 0 Å². The third-order valence-electron chi connectivity index (χ3n) is 5.32. The highest BCUT2D eigenvalue weighted by Crippen LogP contribution is 2.24. The zero-order valence-electron chi connectivity index (χ0n) is 17.3. The molecule has 1 amide bonds. The summed E-state index contributed by atoms with van der Waals surface area (Å²) in [6.45, 7) is 1.30. The molecule has 2 aliphatic heterocycles. The Labute approximate surface area is 187 Å². The van der Waals surface area contributed by atoms with E-state index in [1.807, 2.05) is 0 Å². The molecule has 11 heteroatoms. The van der Waals surface area contributed by atoms with Crippen LogP contribution in [0.3, 0.4) is 0 Å². The standard InChI is InChI=1S/C21H24N4O5S2/c26-20(11-6-12-22-21-18-9-1-2-10-19(18)31(27,28)24-21)23-16-7-5-8-17(15-16)32(29,30)25-13-3-4-14-25/h1-2,5,7-10,15H,3-4,6,11-14H2,(H,22,24)(H,23,26). The molecule has 2 aromatic rings. The minimum absolute atomic E-state index is 0.161. The number of amidine groups is 1. The Morgan fingerprint density at radius 1 is 1.09 bits per heavy atom. The third kappa shape index (κ3) is 4.69. The van der Waals surface area contributed by atoms with E-state index >= 15 is 0 Å². The quantitative estimate of drug-likeness (QED) is 0.591. The highest BCUT2D eigenvalue weighted by atomic mass is 32.2. The van der Waals surface area contributed by atoms with E-state index < -0.39 is 20.0 Å². The molecule has 170 valence electrons. The Balaban J connectivity index is 1.33. The SMILES string of the molecule is O=C(CCCN=C1NS(=O)(=O)c2ccccc21)Nc1cccc(S(=O)(=O)N2CCCC2)c1. The fraction of sp³-hybridized carbons (Fsp3) is 0.333. The normalized spacial score (nSPS) is 18.9. The van der Waals surface area contributed by atoms with Gasteiger partial charge in [-0.3, -0.25) is 14.5 Å². The molecule has 2 aromatic carbocycles. The van der Waals surface area contributed by atoms with Gasteiger partial charge in [0.15, 0.2) is 0 Å².